The number of hydrogen-bond donors (Lipinski definition) is 1. The molecule has 0 unspecified atom stereocenters. The summed E-state index contributed by atoms with van der Waals surface area (Å²) in [5, 5.41) is 2.78. The van der Waals surface area contributed by atoms with Gasteiger partial charge in [0.2, 0.25) is 0 Å². The first kappa shape index (κ1) is 17.5. The fourth-order valence-electron chi connectivity index (χ4n) is 2.18. The Balaban J connectivity index is 1.91. The Kier molecular flexibility index (Phi) is 5.90. The van der Waals surface area contributed by atoms with Gasteiger partial charge in [0.15, 0.2) is 6.10 Å². The van der Waals surface area contributed by atoms with Crippen molar-refractivity contribution in [1.82, 2.24) is 0 Å². The molecule has 24 heavy (non-hydrogen) atoms. The molecule has 1 atom stereocenters. The quantitative estimate of drug-likeness (QED) is 0.671. The van der Waals surface area contributed by atoms with Crippen LogP contribution in [0.3, 0.4) is 0 Å². The van der Waals surface area contributed by atoms with Gasteiger partial charge in [-0.1, -0.05) is 48.0 Å². The third-order valence-electron chi connectivity index (χ3n) is 3.51. The third-order valence-corrected chi connectivity index (χ3v) is 3.51. The summed E-state index contributed by atoms with van der Waals surface area (Å²) in [6, 6.07) is 15.1. The van der Waals surface area contributed by atoms with E-state index in [-0.39, 0.29) is 5.91 Å². The van der Waals surface area contributed by atoms with Crippen LogP contribution in [0, 0.1) is 13.8 Å². The number of hydrogen-bond acceptors (Lipinski definition) is 3. The average Bonchev–Trinajstić information content (AvgIpc) is 2.56. The van der Waals surface area contributed by atoms with Crippen LogP contribution < -0.4 is 5.32 Å². The van der Waals surface area contributed by atoms with E-state index >= 15 is 0 Å². The Labute approximate surface area is 142 Å². The number of esters is 1. The maximum atomic E-state index is 12.1. The second-order valence-corrected chi connectivity index (χ2v) is 5.63. The molecule has 0 saturated heterocycles. The lowest BCUT2D eigenvalue weighted by Gasteiger charge is -2.14. The van der Waals surface area contributed by atoms with E-state index in [2.05, 4.69) is 5.32 Å². The minimum absolute atomic E-state index is 0.358. The molecule has 0 fully saturated rings. The monoisotopic (exact) mass is 323 g/mol. The first-order valence-electron chi connectivity index (χ1n) is 7.77. The van der Waals surface area contributed by atoms with E-state index in [1.807, 2.05) is 62.4 Å². The van der Waals surface area contributed by atoms with Crippen molar-refractivity contribution in [3.8, 4) is 0 Å². The molecule has 0 heterocycles. The molecule has 0 aromatic heterocycles. The van der Waals surface area contributed by atoms with E-state index in [0.29, 0.717) is 5.69 Å². The summed E-state index contributed by atoms with van der Waals surface area (Å²) in [5.74, 6) is -0.912. The molecule has 4 heteroatoms. The van der Waals surface area contributed by atoms with Crippen LogP contribution >= 0.6 is 0 Å². The second-order valence-electron chi connectivity index (χ2n) is 5.63. The molecule has 124 valence electrons. The van der Waals surface area contributed by atoms with E-state index in [0.717, 1.165) is 16.7 Å². The van der Waals surface area contributed by atoms with Crippen molar-refractivity contribution >= 4 is 23.6 Å². The molecule has 0 radical (unpaired) electrons. The van der Waals surface area contributed by atoms with Gasteiger partial charge in [0.25, 0.3) is 5.91 Å². The van der Waals surface area contributed by atoms with Gasteiger partial charge in [-0.25, -0.2) is 4.79 Å². The molecule has 0 spiro atoms. The van der Waals surface area contributed by atoms with Crippen LogP contribution in [0.5, 0.6) is 0 Å². The number of carbonyl (C=O) groups is 2. The number of rotatable bonds is 5. The zero-order valence-corrected chi connectivity index (χ0v) is 14.1. The van der Waals surface area contributed by atoms with E-state index in [1.165, 1.54) is 6.08 Å². The number of benzene rings is 2. The Hall–Kier alpha value is -2.88. The van der Waals surface area contributed by atoms with Crippen LogP contribution in [-0.4, -0.2) is 18.0 Å². The number of ether oxygens (including phenoxy) is 1. The van der Waals surface area contributed by atoms with Crippen molar-refractivity contribution in [2.45, 2.75) is 26.9 Å². The van der Waals surface area contributed by atoms with Gasteiger partial charge in [-0.2, -0.15) is 0 Å². The van der Waals surface area contributed by atoms with Gasteiger partial charge >= 0.3 is 5.97 Å². The van der Waals surface area contributed by atoms with Crippen molar-refractivity contribution in [1.29, 1.82) is 0 Å². The SMILES string of the molecule is Cc1ccc(NC(=O)[C@H](C)OC(=O)/C=C/c2ccccc2)c(C)c1. The number of anilines is 1. The van der Waals surface area contributed by atoms with Crippen molar-refractivity contribution < 1.29 is 14.3 Å². The molecule has 0 bridgehead atoms. The predicted molar refractivity (Wildman–Crippen MR) is 95.6 cm³/mol. The number of nitrogens with one attached hydrogen (secondary N) is 1. The summed E-state index contributed by atoms with van der Waals surface area (Å²) in [4.78, 5) is 24.0. The highest BCUT2D eigenvalue weighted by Gasteiger charge is 2.17. The minimum Gasteiger partial charge on any atom is -0.449 e. The van der Waals surface area contributed by atoms with Crippen molar-refractivity contribution in [2.24, 2.45) is 0 Å². The van der Waals surface area contributed by atoms with Crippen LogP contribution in [0.4, 0.5) is 5.69 Å². The van der Waals surface area contributed by atoms with Gasteiger partial charge in [-0.3, -0.25) is 4.79 Å². The Bertz CT molecular complexity index is 751. The molecular formula is C20H21NO3. The fraction of sp³-hybridized carbons (Fsp3) is 0.200. The molecule has 1 N–H and O–H groups in total. The summed E-state index contributed by atoms with van der Waals surface area (Å²) in [6.07, 6.45) is 2.09. The minimum atomic E-state index is -0.876. The topological polar surface area (TPSA) is 55.4 Å². The number of amides is 1. The molecule has 2 aromatic rings. The van der Waals surface area contributed by atoms with Gasteiger partial charge in [0, 0.05) is 11.8 Å². The lowest BCUT2D eigenvalue weighted by molar-refractivity contribution is -0.148. The molecule has 0 aliphatic carbocycles. The van der Waals surface area contributed by atoms with E-state index < -0.39 is 12.1 Å². The molecule has 0 aliphatic rings. The van der Waals surface area contributed by atoms with Crippen LogP contribution in [0.25, 0.3) is 6.08 Å². The van der Waals surface area contributed by atoms with Gasteiger partial charge in [-0.05, 0) is 44.0 Å². The van der Waals surface area contributed by atoms with Gasteiger partial charge in [-0.15, -0.1) is 0 Å². The Morgan fingerprint density at radius 2 is 1.79 bits per heavy atom. The first-order chi connectivity index (χ1) is 11.5. The standard InChI is InChI=1S/C20H21NO3/c1-14-9-11-18(15(2)13-14)21-20(23)16(3)24-19(22)12-10-17-7-5-4-6-8-17/h4-13,16H,1-3H3,(H,21,23)/b12-10+/t16-/m0/s1. The average molecular weight is 323 g/mol. The maximum Gasteiger partial charge on any atom is 0.331 e. The summed E-state index contributed by atoms with van der Waals surface area (Å²) in [5.41, 5.74) is 3.69. The van der Waals surface area contributed by atoms with E-state index in [4.69, 9.17) is 4.74 Å². The third kappa shape index (κ3) is 5.09. The van der Waals surface area contributed by atoms with Gasteiger partial charge in [0.05, 0.1) is 0 Å². The van der Waals surface area contributed by atoms with E-state index in [9.17, 15) is 9.59 Å². The van der Waals surface area contributed by atoms with Crippen LogP contribution in [-0.2, 0) is 14.3 Å². The zero-order valence-electron chi connectivity index (χ0n) is 14.1. The molecule has 0 saturated carbocycles. The molecular weight excluding hydrogens is 302 g/mol. The highest BCUT2D eigenvalue weighted by molar-refractivity contribution is 5.97. The number of carbonyl (C=O) groups excluding carboxylic acids is 2. The lowest BCUT2D eigenvalue weighted by atomic mass is 10.1. The highest BCUT2D eigenvalue weighted by Crippen LogP contribution is 2.16. The zero-order chi connectivity index (χ0) is 17.5. The smallest absolute Gasteiger partial charge is 0.331 e. The van der Waals surface area contributed by atoms with Gasteiger partial charge in [0.1, 0.15) is 0 Å². The lowest BCUT2D eigenvalue weighted by Crippen LogP contribution is -2.29. The largest absolute Gasteiger partial charge is 0.449 e. The molecule has 0 aliphatic heterocycles. The number of aryl methyl sites for hydroxylation is 2. The van der Waals surface area contributed by atoms with E-state index in [1.54, 1.807) is 13.0 Å². The molecule has 2 aromatic carbocycles. The normalized spacial score (nSPS) is 12.0. The highest BCUT2D eigenvalue weighted by atomic mass is 16.5. The van der Waals surface area contributed by atoms with Crippen molar-refractivity contribution in [3.63, 3.8) is 0 Å². The summed E-state index contributed by atoms with van der Waals surface area (Å²) in [7, 11) is 0. The summed E-state index contributed by atoms with van der Waals surface area (Å²) >= 11 is 0. The Morgan fingerprint density at radius 1 is 1.08 bits per heavy atom. The van der Waals surface area contributed by atoms with Crippen LogP contribution in [0.1, 0.15) is 23.6 Å². The van der Waals surface area contributed by atoms with Crippen molar-refractivity contribution in [3.05, 3.63) is 71.3 Å². The van der Waals surface area contributed by atoms with Crippen LogP contribution in [0.15, 0.2) is 54.6 Å². The summed E-state index contributed by atoms with van der Waals surface area (Å²) in [6.45, 7) is 5.46. The molecule has 4 nitrogen and oxygen atoms in total. The van der Waals surface area contributed by atoms with Crippen molar-refractivity contribution in [2.75, 3.05) is 5.32 Å². The second kappa shape index (κ2) is 8.11. The van der Waals surface area contributed by atoms with Gasteiger partial charge < -0.3 is 10.1 Å². The summed E-state index contributed by atoms with van der Waals surface area (Å²) < 4.78 is 5.13. The Morgan fingerprint density at radius 3 is 2.46 bits per heavy atom. The molecule has 2 rings (SSSR count). The fourth-order valence-corrected chi connectivity index (χ4v) is 2.18. The van der Waals surface area contributed by atoms with Crippen LogP contribution in [0.2, 0.25) is 0 Å². The first-order valence-corrected chi connectivity index (χ1v) is 7.77. The predicted octanol–water partition coefficient (Wildman–Crippen LogP) is 3.89. The maximum absolute atomic E-state index is 12.1. The molecule has 1 amide bonds.